The SMILES string of the molecule is N#Cc1ccc(Oc2ccc(NC(=O)N3CCCCCC3)cc2)cc1. The highest BCUT2D eigenvalue weighted by atomic mass is 16.5. The molecule has 0 aromatic heterocycles. The topological polar surface area (TPSA) is 65.4 Å². The number of likely N-dealkylation sites (tertiary alicyclic amines) is 1. The van der Waals surface area contributed by atoms with Crippen molar-refractivity contribution in [3.05, 3.63) is 54.1 Å². The lowest BCUT2D eigenvalue weighted by Gasteiger charge is -2.20. The molecule has 128 valence electrons. The highest BCUT2D eigenvalue weighted by Gasteiger charge is 2.15. The van der Waals surface area contributed by atoms with Crippen LogP contribution >= 0.6 is 0 Å². The summed E-state index contributed by atoms with van der Waals surface area (Å²) in [5.74, 6) is 1.35. The number of hydrogen-bond donors (Lipinski definition) is 1. The van der Waals surface area contributed by atoms with Gasteiger partial charge in [-0.1, -0.05) is 12.8 Å². The first-order valence-corrected chi connectivity index (χ1v) is 8.58. The number of ether oxygens (including phenoxy) is 1. The van der Waals surface area contributed by atoms with Gasteiger partial charge in [0.2, 0.25) is 0 Å². The van der Waals surface area contributed by atoms with Gasteiger partial charge in [-0.05, 0) is 61.4 Å². The molecule has 5 nitrogen and oxygen atoms in total. The summed E-state index contributed by atoms with van der Waals surface area (Å²) >= 11 is 0. The van der Waals surface area contributed by atoms with Crippen LogP contribution in [0.5, 0.6) is 11.5 Å². The third kappa shape index (κ3) is 4.74. The molecule has 1 N–H and O–H groups in total. The third-order valence-corrected chi connectivity index (χ3v) is 4.22. The maximum Gasteiger partial charge on any atom is 0.321 e. The quantitative estimate of drug-likeness (QED) is 0.879. The maximum atomic E-state index is 12.3. The molecular formula is C20H21N3O2. The summed E-state index contributed by atoms with van der Waals surface area (Å²) in [7, 11) is 0. The second-order valence-corrected chi connectivity index (χ2v) is 6.09. The van der Waals surface area contributed by atoms with Crippen molar-refractivity contribution in [1.29, 1.82) is 5.26 Å². The van der Waals surface area contributed by atoms with Crippen molar-refractivity contribution in [2.24, 2.45) is 0 Å². The Balaban J connectivity index is 1.57. The zero-order valence-corrected chi connectivity index (χ0v) is 14.1. The van der Waals surface area contributed by atoms with Gasteiger partial charge in [-0.3, -0.25) is 0 Å². The van der Waals surface area contributed by atoms with E-state index in [4.69, 9.17) is 10.00 Å². The molecule has 5 heteroatoms. The molecular weight excluding hydrogens is 314 g/mol. The molecule has 25 heavy (non-hydrogen) atoms. The van der Waals surface area contributed by atoms with Crippen LogP contribution in [0.25, 0.3) is 0 Å². The van der Waals surface area contributed by atoms with E-state index in [-0.39, 0.29) is 6.03 Å². The molecule has 0 unspecified atom stereocenters. The van der Waals surface area contributed by atoms with Gasteiger partial charge in [0.25, 0.3) is 0 Å². The van der Waals surface area contributed by atoms with Crippen molar-refractivity contribution in [3.63, 3.8) is 0 Å². The van der Waals surface area contributed by atoms with Crippen LogP contribution in [-0.2, 0) is 0 Å². The van der Waals surface area contributed by atoms with Gasteiger partial charge in [0.15, 0.2) is 0 Å². The van der Waals surface area contributed by atoms with Gasteiger partial charge < -0.3 is 15.0 Å². The van der Waals surface area contributed by atoms with E-state index in [0.29, 0.717) is 17.1 Å². The molecule has 0 aliphatic carbocycles. The van der Waals surface area contributed by atoms with Crippen LogP contribution in [0.3, 0.4) is 0 Å². The summed E-state index contributed by atoms with van der Waals surface area (Å²) in [6.45, 7) is 1.65. The van der Waals surface area contributed by atoms with Gasteiger partial charge in [0.05, 0.1) is 11.6 Å². The number of anilines is 1. The second kappa shape index (κ2) is 8.20. The van der Waals surface area contributed by atoms with Crippen molar-refractivity contribution in [2.45, 2.75) is 25.7 Å². The number of benzene rings is 2. The fraction of sp³-hybridized carbons (Fsp3) is 0.300. The van der Waals surface area contributed by atoms with Crippen molar-refractivity contribution in [1.82, 2.24) is 4.90 Å². The van der Waals surface area contributed by atoms with E-state index in [1.165, 1.54) is 12.8 Å². The molecule has 1 aliphatic heterocycles. The standard InChI is InChI=1S/C20H21N3O2/c21-15-16-5-9-18(10-6-16)25-19-11-7-17(8-12-19)22-20(24)23-13-3-1-2-4-14-23/h5-12H,1-4,13-14H2,(H,22,24). The van der Waals surface area contributed by atoms with Gasteiger partial charge >= 0.3 is 6.03 Å². The summed E-state index contributed by atoms with van der Waals surface area (Å²) in [4.78, 5) is 14.2. The van der Waals surface area contributed by atoms with Crippen molar-refractivity contribution in [2.75, 3.05) is 18.4 Å². The first-order valence-electron chi connectivity index (χ1n) is 8.58. The van der Waals surface area contributed by atoms with Crippen LogP contribution in [0.1, 0.15) is 31.2 Å². The van der Waals surface area contributed by atoms with E-state index < -0.39 is 0 Å². The number of carbonyl (C=O) groups is 1. The molecule has 2 aromatic rings. The number of nitrogens with zero attached hydrogens (tertiary/aromatic N) is 2. The second-order valence-electron chi connectivity index (χ2n) is 6.09. The van der Waals surface area contributed by atoms with E-state index >= 15 is 0 Å². The van der Waals surface area contributed by atoms with Crippen LogP contribution < -0.4 is 10.1 Å². The van der Waals surface area contributed by atoms with Crippen LogP contribution in [0.2, 0.25) is 0 Å². The van der Waals surface area contributed by atoms with Crippen LogP contribution in [0.15, 0.2) is 48.5 Å². The van der Waals surface area contributed by atoms with E-state index in [9.17, 15) is 4.79 Å². The molecule has 1 saturated heterocycles. The van der Waals surface area contributed by atoms with E-state index in [2.05, 4.69) is 11.4 Å². The lowest BCUT2D eigenvalue weighted by atomic mass is 10.2. The monoisotopic (exact) mass is 335 g/mol. The first-order chi connectivity index (χ1) is 12.2. The lowest BCUT2D eigenvalue weighted by molar-refractivity contribution is 0.214. The molecule has 0 bridgehead atoms. The highest BCUT2D eigenvalue weighted by Crippen LogP contribution is 2.23. The Hall–Kier alpha value is -3.00. The van der Waals surface area contributed by atoms with E-state index in [1.807, 2.05) is 29.2 Å². The number of nitrogens with one attached hydrogen (secondary N) is 1. The molecule has 0 spiro atoms. The fourth-order valence-corrected chi connectivity index (χ4v) is 2.82. The average Bonchev–Trinajstić information content (AvgIpc) is 2.93. The van der Waals surface area contributed by atoms with E-state index in [1.54, 1.807) is 24.3 Å². The number of carbonyl (C=O) groups excluding carboxylic acids is 1. The Morgan fingerprint density at radius 3 is 2.04 bits per heavy atom. The van der Waals surface area contributed by atoms with Crippen LogP contribution in [0.4, 0.5) is 10.5 Å². The summed E-state index contributed by atoms with van der Waals surface area (Å²) in [6, 6.07) is 16.3. The maximum absolute atomic E-state index is 12.3. The lowest BCUT2D eigenvalue weighted by Crippen LogP contribution is -2.35. The van der Waals surface area contributed by atoms with Gasteiger partial charge in [-0.25, -0.2) is 4.79 Å². The summed E-state index contributed by atoms with van der Waals surface area (Å²) in [5.41, 5.74) is 1.35. The smallest absolute Gasteiger partial charge is 0.321 e. The molecule has 0 atom stereocenters. The Kier molecular flexibility index (Phi) is 5.53. The zero-order chi connectivity index (χ0) is 17.5. The minimum absolute atomic E-state index is 0.0392. The summed E-state index contributed by atoms with van der Waals surface area (Å²) in [6.07, 6.45) is 4.55. The number of nitriles is 1. The summed E-state index contributed by atoms with van der Waals surface area (Å²) in [5, 5.41) is 11.7. The van der Waals surface area contributed by atoms with Crippen molar-refractivity contribution < 1.29 is 9.53 Å². The van der Waals surface area contributed by atoms with E-state index in [0.717, 1.165) is 31.6 Å². The zero-order valence-electron chi connectivity index (χ0n) is 14.1. The van der Waals surface area contributed by atoms with Gasteiger partial charge in [0, 0.05) is 18.8 Å². The highest BCUT2D eigenvalue weighted by molar-refractivity contribution is 5.89. The normalized spacial score (nSPS) is 14.3. The number of urea groups is 1. The first kappa shape index (κ1) is 16.8. The Morgan fingerprint density at radius 1 is 0.920 bits per heavy atom. The van der Waals surface area contributed by atoms with Crippen LogP contribution in [0, 0.1) is 11.3 Å². The predicted octanol–water partition coefficient (Wildman–Crippen LogP) is 4.76. The minimum Gasteiger partial charge on any atom is -0.457 e. The Bertz CT molecular complexity index is 740. The minimum atomic E-state index is -0.0392. The fourth-order valence-electron chi connectivity index (χ4n) is 2.82. The molecule has 1 aliphatic rings. The third-order valence-electron chi connectivity index (χ3n) is 4.22. The number of amides is 2. The number of rotatable bonds is 3. The van der Waals surface area contributed by atoms with Crippen molar-refractivity contribution >= 4 is 11.7 Å². The van der Waals surface area contributed by atoms with Crippen LogP contribution in [-0.4, -0.2) is 24.0 Å². The molecule has 2 aromatic carbocycles. The number of hydrogen-bond acceptors (Lipinski definition) is 3. The predicted molar refractivity (Wildman–Crippen MR) is 96.7 cm³/mol. The van der Waals surface area contributed by atoms with Gasteiger partial charge in [-0.15, -0.1) is 0 Å². The molecule has 1 fully saturated rings. The van der Waals surface area contributed by atoms with Crippen molar-refractivity contribution in [3.8, 4) is 17.6 Å². The Morgan fingerprint density at radius 2 is 1.48 bits per heavy atom. The molecule has 2 amide bonds. The van der Waals surface area contributed by atoms with Gasteiger partial charge in [-0.2, -0.15) is 5.26 Å². The molecule has 1 heterocycles. The van der Waals surface area contributed by atoms with Gasteiger partial charge in [0.1, 0.15) is 11.5 Å². The average molecular weight is 335 g/mol. The summed E-state index contributed by atoms with van der Waals surface area (Å²) < 4.78 is 5.74. The molecule has 0 radical (unpaired) electrons. The Labute approximate surface area is 147 Å². The molecule has 3 rings (SSSR count). The largest absolute Gasteiger partial charge is 0.457 e. The molecule has 0 saturated carbocycles.